The van der Waals surface area contributed by atoms with Gasteiger partial charge < -0.3 is 15.0 Å². The van der Waals surface area contributed by atoms with Gasteiger partial charge in [-0.05, 0) is 35.7 Å². The molecule has 2 aliphatic rings. The van der Waals surface area contributed by atoms with Crippen molar-refractivity contribution in [3.8, 4) is 17.2 Å². The Hall–Kier alpha value is -3.82. The number of carbonyl (C=O) groups excluding carboxylic acids is 1. The number of hydrogen-bond donors (Lipinski definition) is 1. The van der Waals surface area contributed by atoms with Crippen molar-refractivity contribution in [2.45, 2.75) is 25.4 Å². The summed E-state index contributed by atoms with van der Waals surface area (Å²) in [4.78, 5) is 29.7. The highest BCUT2D eigenvalue weighted by molar-refractivity contribution is 5.86. The number of nitrogens with one attached hydrogen (secondary N) is 1. The molecule has 2 fully saturated rings. The highest BCUT2D eigenvalue weighted by atomic mass is 16.5. The Morgan fingerprint density at radius 1 is 1.03 bits per heavy atom. The normalized spacial score (nSPS) is 18.7. The molecule has 190 valence electrons. The number of piperidine rings is 1. The minimum Gasteiger partial charge on any atom is -0.379 e. The Morgan fingerprint density at radius 3 is 2.76 bits per heavy atom. The van der Waals surface area contributed by atoms with Crippen LogP contribution in [0, 0.1) is 0 Å². The van der Waals surface area contributed by atoms with E-state index < -0.39 is 0 Å². The summed E-state index contributed by atoms with van der Waals surface area (Å²) in [6.45, 7) is 5.49. The summed E-state index contributed by atoms with van der Waals surface area (Å²) in [5.41, 5.74) is 2.11. The Labute approximate surface area is 216 Å². The van der Waals surface area contributed by atoms with Gasteiger partial charge in [-0.25, -0.2) is 9.97 Å². The van der Waals surface area contributed by atoms with E-state index in [0.717, 1.165) is 81.5 Å². The third-order valence-corrected chi connectivity index (χ3v) is 7.14. The molecule has 1 N–H and O–H groups in total. The number of benzene rings is 2. The lowest BCUT2D eigenvalue weighted by Gasteiger charge is -2.30. The number of amides is 1. The average molecular weight is 498 g/mol. The molecule has 1 amide bonds. The molecule has 0 bridgehead atoms. The fourth-order valence-corrected chi connectivity index (χ4v) is 5.22. The molecule has 37 heavy (non-hydrogen) atoms. The molecule has 9 heteroatoms. The van der Waals surface area contributed by atoms with Crippen LogP contribution in [0.25, 0.3) is 28.0 Å². The maximum absolute atomic E-state index is 11.3. The number of hydrogen-bond acceptors (Lipinski definition) is 7. The zero-order valence-corrected chi connectivity index (χ0v) is 20.8. The van der Waals surface area contributed by atoms with Gasteiger partial charge in [-0.15, -0.1) is 0 Å². The molecular formula is C28H31N7O2. The minimum atomic E-state index is 0.129. The summed E-state index contributed by atoms with van der Waals surface area (Å²) in [7, 11) is 0. The number of fused-ring (bicyclic) bond motifs is 1. The van der Waals surface area contributed by atoms with Crippen LogP contribution in [0.15, 0.2) is 60.9 Å². The topological polar surface area (TPSA) is 88.4 Å². The van der Waals surface area contributed by atoms with Gasteiger partial charge in [0.2, 0.25) is 12.4 Å². The highest BCUT2D eigenvalue weighted by Crippen LogP contribution is 2.28. The molecule has 9 nitrogen and oxygen atoms in total. The smallest absolute Gasteiger partial charge is 0.224 e. The number of ether oxygens (including phenoxy) is 1. The summed E-state index contributed by atoms with van der Waals surface area (Å²) in [5.74, 6) is 2.18. The molecule has 2 aliphatic heterocycles. The molecule has 4 heterocycles. The van der Waals surface area contributed by atoms with Crippen molar-refractivity contribution in [2.24, 2.45) is 0 Å². The van der Waals surface area contributed by atoms with E-state index in [1.807, 2.05) is 12.3 Å². The van der Waals surface area contributed by atoms with Gasteiger partial charge in [0.15, 0.2) is 0 Å². The maximum Gasteiger partial charge on any atom is 0.224 e. The SMILES string of the molecule is O=CN1CCCC(Nc2nccc(-n3c(CN4CCOCC4)cnc3-c3ccc4ccccc4c3)n2)C1. The second-order valence-corrected chi connectivity index (χ2v) is 9.68. The number of likely N-dealkylation sites (tertiary alicyclic amines) is 1. The zero-order valence-electron chi connectivity index (χ0n) is 20.8. The van der Waals surface area contributed by atoms with Crippen molar-refractivity contribution >= 4 is 23.1 Å². The number of anilines is 1. The number of carbonyl (C=O) groups is 1. The first kappa shape index (κ1) is 23.6. The minimum absolute atomic E-state index is 0.129. The lowest BCUT2D eigenvalue weighted by Crippen LogP contribution is -2.41. The van der Waals surface area contributed by atoms with Crippen LogP contribution in [0.3, 0.4) is 0 Å². The third-order valence-electron chi connectivity index (χ3n) is 7.14. The standard InChI is InChI=1S/C28H31N7O2/c36-20-34-11-3-6-24(18-34)31-28-29-10-9-26(32-28)35-25(19-33-12-14-37-15-13-33)17-30-27(35)23-8-7-21-4-1-2-5-22(21)16-23/h1-2,4-5,7-10,16-17,20,24H,3,6,11-15,18-19H2,(H,29,31,32). The van der Waals surface area contributed by atoms with Crippen LogP contribution in [0.5, 0.6) is 0 Å². The van der Waals surface area contributed by atoms with Gasteiger partial charge in [-0.1, -0.05) is 36.4 Å². The number of aromatic nitrogens is 4. The van der Waals surface area contributed by atoms with E-state index in [0.29, 0.717) is 12.5 Å². The van der Waals surface area contributed by atoms with Crippen molar-refractivity contribution in [3.63, 3.8) is 0 Å². The van der Waals surface area contributed by atoms with Crippen molar-refractivity contribution in [3.05, 3.63) is 66.6 Å². The van der Waals surface area contributed by atoms with Gasteiger partial charge in [0.1, 0.15) is 11.6 Å². The highest BCUT2D eigenvalue weighted by Gasteiger charge is 2.22. The number of imidazole rings is 1. The number of nitrogens with zero attached hydrogens (tertiary/aromatic N) is 6. The van der Waals surface area contributed by atoms with Gasteiger partial charge in [-0.3, -0.25) is 14.3 Å². The van der Waals surface area contributed by atoms with Crippen molar-refractivity contribution in [1.82, 2.24) is 29.3 Å². The quantitative estimate of drug-likeness (QED) is 0.392. The number of morpholine rings is 1. The third kappa shape index (κ3) is 5.19. The van der Waals surface area contributed by atoms with Crippen molar-refractivity contribution in [2.75, 3.05) is 44.7 Å². The van der Waals surface area contributed by atoms with Crippen LogP contribution in [0.2, 0.25) is 0 Å². The Morgan fingerprint density at radius 2 is 1.89 bits per heavy atom. The lowest BCUT2D eigenvalue weighted by molar-refractivity contribution is -0.119. The lowest BCUT2D eigenvalue weighted by atomic mass is 10.1. The first-order chi connectivity index (χ1) is 18.3. The van der Waals surface area contributed by atoms with E-state index in [1.54, 1.807) is 11.1 Å². The van der Waals surface area contributed by atoms with Crippen LogP contribution < -0.4 is 5.32 Å². The maximum atomic E-state index is 11.3. The average Bonchev–Trinajstić information content (AvgIpc) is 3.37. The van der Waals surface area contributed by atoms with Crippen LogP contribution in [-0.2, 0) is 16.1 Å². The first-order valence-corrected chi connectivity index (χ1v) is 12.9. The second-order valence-electron chi connectivity index (χ2n) is 9.68. The molecule has 0 spiro atoms. The molecule has 2 aromatic heterocycles. The van der Waals surface area contributed by atoms with Gasteiger partial charge in [0.05, 0.1) is 25.1 Å². The van der Waals surface area contributed by atoms with Gasteiger partial charge in [-0.2, -0.15) is 4.98 Å². The van der Waals surface area contributed by atoms with E-state index >= 15 is 0 Å². The van der Waals surface area contributed by atoms with Crippen molar-refractivity contribution in [1.29, 1.82) is 0 Å². The molecule has 6 rings (SSSR count). The zero-order chi connectivity index (χ0) is 25.0. The van der Waals surface area contributed by atoms with Crippen LogP contribution >= 0.6 is 0 Å². The second kappa shape index (κ2) is 10.7. The van der Waals surface area contributed by atoms with E-state index in [1.165, 1.54) is 10.8 Å². The summed E-state index contributed by atoms with van der Waals surface area (Å²) in [6.07, 6.45) is 6.61. The monoisotopic (exact) mass is 497 g/mol. The predicted molar refractivity (Wildman–Crippen MR) is 142 cm³/mol. The first-order valence-electron chi connectivity index (χ1n) is 12.9. The summed E-state index contributed by atoms with van der Waals surface area (Å²) in [5, 5.41) is 5.82. The predicted octanol–water partition coefficient (Wildman–Crippen LogP) is 3.35. The van der Waals surface area contributed by atoms with Crippen LogP contribution in [0.1, 0.15) is 18.5 Å². The van der Waals surface area contributed by atoms with E-state index in [9.17, 15) is 4.79 Å². The van der Waals surface area contributed by atoms with Gasteiger partial charge in [0, 0.05) is 50.5 Å². The molecule has 1 atom stereocenters. The molecule has 4 aromatic rings. The van der Waals surface area contributed by atoms with Crippen LogP contribution in [-0.4, -0.2) is 81.2 Å². The van der Waals surface area contributed by atoms with E-state index in [4.69, 9.17) is 14.7 Å². The molecule has 2 saturated heterocycles. The van der Waals surface area contributed by atoms with E-state index in [2.05, 4.69) is 62.2 Å². The summed E-state index contributed by atoms with van der Waals surface area (Å²) in [6, 6.07) is 16.9. The van der Waals surface area contributed by atoms with Crippen LogP contribution in [0.4, 0.5) is 5.95 Å². The Bertz CT molecular complexity index is 1380. The van der Waals surface area contributed by atoms with Gasteiger partial charge >= 0.3 is 0 Å². The Kier molecular flexibility index (Phi) is 6.79. The van der Waals surface area contributed by atoms with E-state index in [-0.39, 0.29) is 6.04 Å². The number of rotatable bonds is 7. The fraction of sp³-hybridized carbons (Fsp3) is 0.357. The fourth-order valence-electron chi connectivity index (χ4n) is 5.22. The summed E-state index contributed by atoms with van der Waals surface area (Å²) >= 11 is 0. The molecule has 0 radical (unpaired) electrons. The molecule has 0 saturated carbocycles. The Balaban J connectivity index is 1.36. The molecular weight excluding hydrogens is 466 g/mol. The summed E-state index contributed by atoms with van der Waals surface area (Å²) < 4.78 is 7.70. The largest absolute Gasteiger partial charge is 0.379 e. The van der Waals surface area contributed by atoms with Gasteiger partial charge in [0.25, 0.3) is 0 Å². The van der Waals surface area contributed by atoms with Crippen molar-refractivity contribution < 1.29 is 9.53 Å². The molecule has 1 unspecified atom stereocenters. The molecule has 0 aliphatic carbocycles. The molecule has 2 aromatic carbocycles.